The van der Waals surface area contributed by atoms with Gasteiger partial charge in [0.1, 0.15) is 0 Å². The third-order valence-corrected chi connectivity index (χ3v) is 8.01. The maximum Gasteiger partial charge on any atom is 4.00 e. The molecule has 4 aromatic rings. The van der Waals surface area contributed by atoms with Gasteiger partial charge < -0.3 is 20.4 Å². The first-order valence-corrected chi connectivity index (χ1v) is 17.3. The molecule has 0 spiro atoms. The molecule has 6 nitrogen and oxygen atoms in total. The minimum absolute atomic E-state index is 0. The van der Waals surface area contributed by atoms with Crippen LogP contribution in [-0.2, 0) is 47.9 Å². The van der Waals surface area contributed by atoms with Crippen LogP contribution in [0, 0.1) is 27.7 Å². The molecule has 0 N–H and O–H groups in total. The molecule has 0 aliphatic heterocycles. The molecule has 7 heteroatoms. The predicted octanol–water partition coefficient (Wildman–Crippen LogP) is 6.06. The van der Waals surface area contributed by atoms with E-state index in [1.165, 1.54) is 11.1 Å². The predicted molar refractivity (Wildman–Crippen MR) is 191 cm³/mol. The Morgan fingerprint density at radius 3 is 1.14 bits per heavy atom. The summed E-state index contributed by atoms with van der Waals surface area (Å²) in [5.41, 5.74) is 7.92. The van der Waals surface area contributed by atoms with Gasteiger partial charge in [-0.1, -0.05) is 147 Å². The summed E-state index contributed by atoms with van der Waals surface area (Å²) >= 11 is 0. The fourth-order valence-electron chi connectivity index (χ4n) is 5.48. The standard InChI is InChI=1S/C34H40N2O2.2C4H9O.Ti/c1-25-17-27(3)33(37)31(19-25)23-35(21-29-11-7-5-8-12-29)15-16-36(22-30-13-9-6-10-14-30)24-32-20-26(2)18-28(4)34(32)38;2*1-2-3-4-5;/h5-14,17-20,37-38H,15-16,21-24H2,1-4H3;2*2-4H2,1H3;/q;2*-1;+4/p-2. The molecular formula is C42H56N2O4Ti. The largest absolute Gasteiger partial charge is 4.00 e. The van der Waals surface area contributed by atoms with Crippen LogP contribution in [0.1, 0.15) is 84.0 Å². The Morgan fingerprint density at radius 1 is 0.510 bits per heavy atom. The van der Waals surface area contributed by atoms with E-state index in [0.29, 0.717) is 13.1 Å². The molecule has 0 unspecified atom stereocenters. The van der Waals surface area contributed by atoms with Crippen molar-refractivity contribution in [3.8, 4) is 11.5 Å². The van der Waals surface area contributed by atoms with Crippen LogP contribution in [0.5, 0.6) is 11.5 Å². The molecule has 0 radical (unpaired) electrons. The van der Waals surface area contributed by atoms with Crippen molar-refractivity contribution in [2.24, 2.45) is 0 Å². The van der Waals surface area contributed by atoms with Gasteiger partial charge in [0.05, 0.1) is 0 Å². The minimum atomic E-state index is 0. The molecule has 0 saturated carbocycles. The van der Waals surface area contributed by atoms with Crippen LogP contribution in [-0.4, -0.2) is 36.1 Å². The molecule has 0 amide bonds. The van der Waals surface area contributed by atoms with Gasteiger partial charge in [-0.15, -0.1) is 24.7 Å². The summed E-state index contributed by atoms with van der Waals surface area (Å²) in [6, 6.07) is 28.8. The summed E-state index contributed by atoms with van der Waals surface area (Å²) in [6.07, 6.45) is 3.73. The minimum Gasteiger partial charge on any atom is -0.872 e. The number of benzene rings is 4. The van der Waals surface area contributed by atoms with Gasteiger partial charge in [0.15, 0.2) is 0 Å². The maximum absolute atomic E-state index is 13.0. The van der Waals surface area contributed by atoms with Crippen molar-refractivity contribution in [3.05, 3.63) is 129 Å². The monoisotopic (exact) mass is 700 g/mol. The van der Waals surface area contributed by atoms with E-state index in [4.69, 9.17) is 0 Å². The van der Waals surface area contributed by atoms with Crippen molar-refractivity contribution in [2.75, 3.05) is 26.3 Å². The molecule has 0 aliphatic rings. The number of rotatable bonds is 15. The number of unbranched alkanes of at least 4 members (excludes halogenated alkanes) is 2. The average molecular weight is 701 g/mol. The van der Waals surface area contributed by atoms with Gasteiger partial charge >= 0.3 is 21.7 Å². The second-order valence-corrected chi connectivity index (χ2v) is 12.6. The van der Waals surface area contributed by atoms with Crippen molar-refractivity contribution < 1.29 is 42.1 Å². The van der Waals surface area contributed by atoms with Crippen molar-refractivity contribution in [3.63, 3.8) is 0 Å². The topological polar surface area (TPSA) is 98.7 Å². The average Bonchev–Trinajstić information content (AvgIpc) is 3.06. The van der Waals surface area contributed by atoms with Gasteiger partial charge in [0.2, 0.25) is 0 Å². The van der Waals surface area contributed by atoms with E-state index in [1.54, 1.807) is 0 Å². The maximum atomic E-state index is 13.0. The smallest absolute Gasteiger partial charge is 0.872 e. The number of aryl methyl sites for hydroxylation is 4. The van der Waals surface area contributed by atoms with E-state index >= 15 is 0 Å². The van der Waals surface area contributed by atoms with E-state index in [1.807, 2.05) is 77.9 Å². The number of nitrogens with zero attached hydrogens (tertiary/aromatic N) is 2. The first kappa shape index (κ1) is 44.1. The van der Waals surface area contributed by atoms with Crippen LogP contribution in [0.4, 0.5) is 0 Å². The Morgan fingerprint density at radius 2 is 0.857 bits per heavy atom. The molecule has 4 rings (SSSR count). The van der Waals surface area contributed by atoms with Crippen LogP contribution in [0.15, 0.2) is 84.9 Å². The van der Waals surface area contributed by atoms with Gasteiger partial charge in [-0.25, -0.2) is 0 Å². The number of hydrogen-bond donors (Lipinski definition) is 0. The van der Waals surface area contributed by atoms with Crippen molar-refractivity contribution >= 4 is 0 Å². The van der Waals surface area contributed by atoms with Crippen LogP contribution < -0.4 is 20.4 Å². The fraction of sp³-hybridized carbons (Fsp3) is 0.429. The molecule has 0 aliphatic carbocycles. The van der Waals surface area contributed by atoms with Gasteiger partial charge in [-0.05, 0) is 49.9 Å². The zero-order valence-electron chi connectivity index (χ0n) is 30.6. The van der Waals surface area contributed by atoms with Gasteiger partial charge in [-0.3, -0.25) is 9.80 Å². The Kier molecular flexibility index (Phi) is 22.5. The first-order chi connectivity index (χ1) is 23.1. The molecule has 0 saturated heterocycles. The second-order valence-electron chi connectivity index (χ2n) is 12.6. The Hall–Kier alpha value is -2.97. The molecule has 0 aromatic heterocycles. The molecule has 0 heterocycles. The molecule has 262 valence electrons. The summed E-state index contributed by atoms with van der Waals surface area (Å²) < 4.78 is 0. The SMILES string of the molecule is CCCC[O-].CCCC[O-].Cc1cc(C)c([O-])c(CN(CCN(Cc2ccccc2)Cc2cc(C)cc(C)c2[O-])Cc2ccccc2)c1.[Ti+4]. The zero-order chi connectivity index (χ0) is 35.3. The number of hydrogen-bond acceptors (Lipinski definition) is 6. The summed E-state index contributed by atoms with van der Waals surface area (Å²) in [6.45, 7) is 16.3. The fourth-order valence-corrected chi connectivity index (χ4v) is 5.48. The summed E-state index contributed by atoms with van der Waals surface area (Å²) in [4.78, 5) is 4.70. The van der Waals surface area contributed by atoms with Crippen LogP contribution in [0.2, 0.25) is 0 Å². The van der Waals surface area contributed by atoms with E-state index in [2.05, 4.69) is 58.3 Å². The van der Waals surface area contributed by atoms with Gasteiger partial charge in [0, 0.05) is 39.3 Å². The summed E-state index contributed by atoms with van der Waals surface area (Å²) in [7, 11) is 0. The molecule has 49 heavy (non-hydrogen) atoms. The third-order valence-electron chi connectivity index (χ3n) is 8.01. The summed E-state index contributed by atoms with van der Waals surface area (Å²) in [5.74, 6) is 0.252. The van der Waals surface area contributed by atoms with E-state index in [9.17, 15) is 20.4 Å². The molecule has 0 fully saturated rings. The zero-order valence-corrected chi connectivity index (χ0v) is 32.2. The third kappa shape index (κ3) is 17.0. The van der Waals surface area contributed by atoms with E-state index < -0.39 is 0 Å². The summed E-state index contributed by atoms with van der Waals surface area (Å²) in [5, 5.41) is 45.0. The molecule has 0 atom stereocenters. The van der Waals surface area contributed by atoms with E-state index in [0.717, 1.165) is 85.2 Å². The van der Waals surface area contributed by atoms with Crippen molar-refractivity contribution in [1.82, 2.24) is 9.80 Å². The Bertz CT molecular complexity index is 1340. The Labute approximate surface area is 311 Å². The van der Waals surface area contributed by atoms with Gasteiger partial charge in [0.25, 0.3) is 0 Å². The van der Waals surface area contributed by atoms with Gasteiger partial charge in [-0.2, -0.15) is 0 Å². The van der Waals surface area contributed by atoms with Crippen molar-refractivity contribution in [1.29, 1.82) is 0 Å². The Balaban J connectivity index is 0.000000958. The molecule has 4 aromatic carbocycles. The second kappa shape index (κ2) is 25.1. The molecule has 0 bridgehead atoms. The first-order valence-electron chi connectivity index (χ1n) is 17.3. The molecular weight excluding hydrogens is 644 g/mol. The quantitative estimate of drug-likeness (QED) is 0.140. The van der Waals surface area contributed by atoms with Crippen LogP contribution in [0.25, 0.3) is 0 Å². The van der Waals surface area contributed by atoms with Crippen LogP contribution in [0.3, 0.4) is 0 Å². The van der Waals surface area contributed by atoms with Crippen LogP contribution >= 0.6 is 0 Å². The normalized spacial score (nSPS) is 10.6. The van der Waals surface area contributed by atoms with E-state index in [-0.39, 0.29) is 46.4 Å². The van der Waals surface area contributed by atoms with Crippen molar-refractivity contribution in [2.45, 2.75) is 93.4 Å².